The maximum atomic E-state index is 10.9. The molecule has 2 N–H and O–H groups in total. The smallest absolute Gasteiger partial charge is 0.230 e. The van der Waals surface area contributed by atoms with Crippen LogP contribution < -0.4 is 0 Å². The van der Waals surface area contributed by atoms with Gasteiger partial charge in [0.15, 0.2) is 6.10 Å². The van der Waals surface area contributed by atoms with Crippen LogP contribution >= 0.6 is 46.4 Å². The predicted octanol–water partition coefficient (Wildman–Crippen LogP) is 4.21. The Balaban J connectivity index is 1.48. The third-order valence-corrected chi connectivity index (χ3v) is 6.55. The van der Waals surface area contributed by atoms with Crippen LogP contribution in [0, 0.1) is 12.3 Å². The Morgan fingerprint density at radius 3 is 2.12 bits per heavy atom. The molecule has 5 atom stereocenters. The predicted molar refractivity (Wildman–Crippen MR) is 120 cm³/mol. The monoisotopic (exact) mass is 518 g/mol. The molecule has 0 amide bonds. The summed E-state index contributed by atoms with van der Waals surface area (Å²) in [6, 6.07) is 9.84. The SMILES string of the molecule is C#C[C@]12O[C@H]1O[C@](OCc1ccc(Cl)cc1Cl)(C(O)COCc1ccc(Cl)cc1Cl)[C@H]2O. The van der Waals surface area contributed by atoms with Gasteiger partial charge in [-0.3, -0.25) is 0 Å². The van der Waals surface area contributed by atoms with Crippen LogP contribution in [0.25, 0.3) is 0 Å². The van der Waals surface area contributed by atoms with Gasteiger partial charge in [0.1, 0.15) is 6.10 Å². The molecule has 6 nitrogen and oxygen atoms in total. The number of hydrogen-bond acceptors (Lipinski definition) is 6. The van der Waals surface area contributed by atoms with Crippen LogP contribution in [0.15, 0.2) is 36.4 Å². The quantitative estimate of drug-likeness (QED) is 0.401. The summed E-state index contributed by atoms with van der Waals surface area (Å²) in [4.78, 5) is 0. The van der Waals surface area contributed by atoms with E-state index in [4.69, 9.17) is 71.8 Å². The summed E-state index contributed by atoms with van der Waals surface area (Å²) in [6.45, 7) is -0.263. The number of hydrogen-bond donors (Lipinski definition) is 2. The number of terminal acetylenes is 1. The second kappa shape index (κ2) is 9.28. The topological polar surface area (TPSA) is 80.7 Å². The van der Waals surface area contributed by atoms with Gasteiger partial charge in [0.25, 0.3) is 0 Å². The Morgan fingerprint density at radius 1 is 1.00 bits per heavy atom. The number of epoxide rings is 1. The lowest BCUT2D eigenvalue weighted by Gasteiger charge is -2.37. The fraction of sp³-hybridized carbons (Fsp3) is 0.364. The van der Waals surface area contributed by atoms with E-state index >= 15 is 0 Å². The van der Waals surface area contributed by atoms with Gasteiger partial charge in [-0.2, -0.15) is 0 Å². The number of rotatable bonds is 8. The summed E-state index contributed by atoms with van der Waals surface area (Å²) in [6.07, 6.45) is 1.72. The van der Waals surface area contributed by atoms with E-state index in [0.717, 1.165) is 0 Å². The molecule has 2 aromatic carbocycles. The summed E-state index contributed by atoms with van der Waals surface area (Å²) < 4.78 is 22.5. The van der Waals surface area contributed by atoms with Crippen molar-refractivity contribution in [3.63, 3.8) is 0 Å². The highest BCUT2D eigenvalue weighted by molar-refractivity contribution is 6.35. The molecule has 2 aromatic rings. The van der Waals surface area contributed by atoms with Crippen molar-refractivity contribution in [3.05, 3.63) is 67.6 Å². The van der Waals surface area contributed by atoms with Gasteiger partial charge in [0.2, 0.25) is 17.7 Å². The molecule has 2 fully saturated rings. The lowest BCUT2D eigenvalue weighted by atomic mass is 9.94. The third kappa shape index (κ3) is 4.36. The highest BCUT2D eigenvalue weighted by Gasteiger charge is 2.78. The molecule has 10 heteroatoms. The Labute approximate surface area is 204 Å². The molecule has 2 aliphatic rings. The first-order chi connectivity index (χ1) is 15.2. The van der Waals surface area contributed by atoms with E-state index in [0.29, 0.717) is 31.2 Å². The van der Waals surface area contributed by atoms with E-state index in [-0.39, 0.29) is 19.8 Å². The molecular formula is C22H18Cl4O6. The van der Waals surface area contributed by atoms with E-state index in [1.165, 1.54) is 0 Å². The first-order valence-electron chi connectivity index (χ1n) is 9.51. The van der Waals surface area contributed by atoms with E-state index in [9.17, 15) is 10.2 Å². The maximum Gasteiger partial charge on any atom is 0.230 e. The Bertz CT molecular complexity index is 1060. The maximum absolute atomic E-state index is 10.9. The van der Waals surface area contributed by atoms with E-state index in [1.807, 2.05) is 0 Å². The average molecular weight is 520 g/mol. The molecule has 0 radical (unpaired) electrons. The molecule has 32 heavy (non-hydrogen) atoms. The Kier molecular flexibility index (Phi) is 6.98. The number of halogens is 4. The van der Waals surface area contributed by atoms with Crippen LogP contribution in [0.1, 0.15) is 11.1 Å². The van der Waals surface area contributed by atoms with Gasteiger partial charge in [-0.15, -0.1) is 6.42 Å². The molecule has 0 saturated carbocycles. The van der Waals surface area contributed by atoms with Gasteiger partial charge >= 0.3 is 0 Å². The number of benzene rings is 2. The first kappa shape index (κ1) is 24.1. The zero-order valence-electron chi connectivity index (χ0n) is 16.4. The molecule has 2 heterocycles. The minimum atomic E-state index is -1.90. The third-order valence-electron chi connectivity index (χ3n) is 5.38. The van der Waals surface area contributed by atoms with Gasteiger partial charge in [0.05, 0.1) is 19.8 Å². The van der Waals surface area contributed by atoms with Crippen LogP contribution in [0.3, 0.4) is 0 Å². The highest BCUT2D eigenvalue weighted by Crippen LogP contribution is 2.54. The lowest BCUT2D eigenvalue weighted by Crippen LogP contribution is -2.58. The van der Waals surface area contributed by atoms with Crippen molar-refractivity contribution in [1.82, 2.24) is 0 Å². The molecule has 4 rings (SSSR count). The van der Waals surface area contributed by atoms with E-state index < -0.39 is 29.9 Å². The van der Waals surface area contributed by atoms with Crippen molar-refractivity contribution in [2.75, 3.05) is 6.61 Å². The zero-order valence-corrected chi connectivity index (χ0v) is 19.5. The van der Waals surface area contributed by atoms with Crippen LogP contribution in [0.5, 0.6) is 0 Å². The zero-order chi connectivity index (χ0) is 23.1. The van der Waals surface area contributed by atoms with Gasteiger partial charge in [-0.05, 0) is 35.4 Å². The molecule has 2 saturated heterocycles. The minimum absolute atomic E-state index is 0.0858. The standard InChI is InChI=1S/C22H18Cl4O6/c1-2-21-19(28)22(32-20(21)31-21,30-10-13-4-6-15(24)8-17(13)26)18(27)11-29-9-12-3-5-14(23)7-16(12)25/h1,3-8,18-20,27-28H,9-11H2/t18?,19-,20-,21+,22+/m0/s1. The number of ether oxygens (including phenoxy) is 4. The van der Waals surface area contributed by atoms with E-state index in [1.54, 1.807) is 36.4 Å². The molecule has 1 unspecified atom stereocenters. The lowest BCUT2D eigenvalue weighted by molar-refractivity contribution is -0.336. The van der Waals surface area contributed by atoms with Crippen LogP contribution in [0.2, 0.25) is 20.1 Å². The van der Waals surface area contributed by atoms with Gasteiger partial charge < -0.3 is 29.2 Å². The summed E-state index contributed by atoms with van der Waals surface area (Å²) in [5, 5.41) is 23.6. The van der Waals surface area contributed by atoms with Crippen LogP contribution in [-0.2, 0) is 32.2 Å². The summed E-state index contributed by atoms with van der Waals surface area (Å²) in [5.74, 6) is 0.482. The second-order valence-electron chi connectivity index (χ2n) is 7.42. The van der Waals surface area contributed by atoms with Gasteiger partial charge in [0, 0.05) is 20.1 Å². The molecule has 2 aliphatic heterocycles. The number of aliphatic hydroxyl groups is 2. The van der Waals surface area contributed by atoms with Crippen LogP contribution in [-0.4, -0.2) is 46.7 Å². The Hall–Kier alpha value is -1.08. The van der Waals surface area contributed by atoms with Crippen molar-refractivity contribution in [2.45, 2.75) is 43.1 Å². The molecule has 0 bridgehead atoms. The molecule has 0 spiro atoms. The summed E-state index contributed by atoms with van der Waals surface area (Å²) >= 11 is 24.2. The van der Waals surface area contributed by atoms with Crippen molar-refractivity contribution >= 4 is 46.4 Å². The van der Waals surface area contributed by atoms with Crippen molar-refractivity contribution in [2.24, 2.45) is 0 Å². The van der Waals surface area contributed by atoms with Gasteiger partial charge in [-0.1, -0.05) is 64.5 Å². The normalized spacial score (nSPS) is 29.4. The minimum Gasteiger partial charge on any atom is -0.385 e. The summed E-state index contributed by atoms with van der Waals surface area (Å²) in [5.41, 5.74) is -0.154. The van der Waals surface area contributed by atoms with E-state index in [2.05, 4.69) is 5.92 Å². The molecule has 0 aliphatic carbocycles. The van der Waals surface area contributed by atoms with Crippen molar-refractivity contribution < 1.29 is 29.2 Å². The fourth-order valence-corrected chi connectivity index (χ4v) is 4.42. The number of fused-ring (bicyclic) bond motifs is 1. The van der Waals surface area contributed by atoms with Gasteiger partial charge in [-0.25, -0.2) is 0 Å². The fourth-order valence-electron chi connectivity index (χ4n) is 3.49. The molecule has 170 valence electrons. The second-order valence-corrected chi connectivity index (χ2v) is 9.11. The summed E-state index contributed by atoms with van der Waals surface area (Å²) in [7, 11) is 0. The van der Waals surface area contributed by atoms with Crippen molar-refractivity contribution in [3.8, 4) is 12.3 Å². The Morgan fingerprint density at radius 2 is 1.59 bits per heavy atom. The number of aliphatic hydroxyl groups excluding tert-OH is 2. The molecular weight excluding hydrogens is 502 g/mol. The largest absolute Gasteiger partial charge is 0.385 e. The average Bonchev–Trinajstić information content (AvgIpc) is 3.40. The van der Waals surface area contributed by atoms with Crippen LogP contribution in [0.4, 0.5) is 0 Å². The molecule has 0 aromatic heterocycles. The first-order valence-corrected chi connectivity index (χ1v) is 11.0. The highest BCUT2D eigenvalue weighted by atomic mass is 35.5. The van der Waals surface area contributed by atoms with Crippen molar-refractivity contribution in [1.29, 1.82) is 0 Å².